The lowest BCUT2D eigenvalue weighted by Gasteiger charge is -2.46. The first-order valence-electron chi connectivity index (χ1n) is 8.56. The van der Waals surface area contributed by atoms with E-state index in [1.807, 2.05) is 19.1 Å². The normalized spacial score (nSPS) is 32.1. The van der Waals surface area contributed by atoms with E-state index in [9.17, 15) is 15.0 Å². The van der Waals surface area contributed by atoms with Crippen LogP contribution >= 0.6 is 0 Å². The number of likely N-dealkylation sites (tertiary alicyclic amines) is 1. The molecule has 1 heterocycles. The second kappa shape index (κ2) is 5.73. The van der Waals surface area contributed by atoms with Crippen LogP contribution in [0.2, 0.25) is 0 Å². The lowest BCUT2D eigenvalue weighted by molar-refractivity contribution is -0.180. The zero-order chi connectivity index (χ0) is 15.8. The minimum absolute atomic E-state index is 0.141. The molecule has 0 spiro atoms. The third-order valence-electron chi connectivity index (χ3n) is 5.96. The number of aliphatic hydroxyl groups is 1. The number of carboxylic acids is 1. The molecule has 2 unspecified atom stereocenters. The summed E-state index contributed by atoms with van der Waals surface area (Å²) in [5.74, 6) is -1.20. The zero-order valence-electron chi connectivity index (χ0n) is 13.4. The molecule has 4 heteroatoms. The molecule has 122 valence electrons. The molecule has 4 nitrogen and oxygen atoms in total. The zero-order valence-corrected chi connectivity index (χ0v) is 13.4. The Hall–Kier alpha value is -1.29. The Morgan fingerprint density at radius 3 is 2.50 bits per heavy atom. The molecular formula is C18H27NO3. The largest absolute Gasteiger partial charge is 0.479 e. The topological polar surface area (TPSA) is 60.8 Å². The second-order valence-electron chi connectivity index (χ2n) is 7.36. The van der Waals surface area contributed by atoms with Crippen molar-refractivity contribution in [1.82, 2.24) is 4.90 Å². The monoisotopic (exact) mass is 305 g/mol. The van der Waals surface area contributed by atoms with E-state index in [-0.39, 0.29) is 5.92 Å². The lowest BCUT2D eigenvalue weighted by atomic mass is 9.62. The van der Waals surface area contributed by atoms with Crippen LogP contribution in [0.15, 0.2) is 23.9 Å². The van der Waals surface area contributed by atoms with Gasteiger partial charge in [-0.15, -0.1) is 0 Å². The molecule has 2 aliphatic carbocycles. The number of carboxylic acid groups (broad SMARTS) is 1. The molecule has 1 aliphatic heterocycles. The third kappa shape index (κ3) is 2.37. The third-order valence-corrected chi connectivity index (χ3v) is 5.96. The van der Waals surface area contributed by atoms with Gasteiger partial charge in [0.25, 0.3) is 0 Å². The molecule has 2 fully saturated rings. The Bertz CT molecular complexity index is 500. The van der Waals surface area contributed by atoms with Crippen LogP contribution in [0.3, 0.4) is 0 Å². The quantitative estimate of drug-likeness (QED) is 0.838. The Labute approximate surface area is 132 Å². The van der Waals surface area contributed by atoms with Gasteiger partial charge in [-0.3, -0.25) is 0 Å². The standard InChI is InChI=1S/C18H27NO3/c1-17(18(22,16(20)21)14-7-2-3-8-14)10-6-9-15(13-17)19-11-4-5-12-19/h6,9-10,14,22H,2-5,7-8,11-13H2,1H3,(H,20,21). The number of nitrogens with zero attached hydrogens (tertiary/aromatic N) is 1. The molecule has 0 radical (unpaired) electrons. The highest BCUT2D eigenvalue weighted by Gasteiger charge is 2.57. The van der Waals surface area contributed by atoms with Crippen LogP contribution in [0.5, 0.6) is 0 Å². The number of hydrogen-bond donors (Lipinski definition) is 2. The first-order valence-corrected chi connectivity index (χ1v) is 8.56. The molecule has 0 aromatic rings. The summed E-state index contributed by atoms with van der Waals surface area (Å²) in [4.78, 5) is 14.4. The van der Waals surface area contributed by atoms with Crippen LogP contribution in [0.4, 0.5) is 0 Å². The van der Waals surface area contributed by atoms with E-state index in [1.165, 1.54) is 18.5 Å². The van der Waals surface area contributed by atoms with Gasteiger partial charge in [0.05, 0.1) is 0 Å². The average Bonchev–Trinajstić information content (AvgIpc) is 3.19. The van der Waals surface area contributed by atoms with Crippen molar-refractivity contribution in [1.29, 1.82) is 0 Å². The predicted octanol–water partition coefficient (Wildman–Crippen LogP) is 2.94. The van der Waals surface area contributed by atoms with Gasteiger partial charge >= 0.3 is 5.97 Å². The number of carbonyl (C=O) groups is 1. The number of rotatable bonds is 4. The molecule has 22 heavy (non-hydrogen) atoms. The van der Waals surface area contributed by atoms with E-state index in [4.69, 9.17) is 0 Å². The minimum Gasteiger partial charge on any atom is -0.479 e. The van der Waals surface area contributed by atoms with Crippen molar-refractivity contribution in [3.8, 4) is 0 Å². The highest BCUT2D eigenvalue weighted by Crippen LogP contribution is 2.50. The lowest BCUT2D eigenvalue weighted by Crippen LogP contribution is -2.57. The van der Waals surface area contributed by atoms with E-state index in [1.54, 1.807) is 0 Å². The van der Waals surface area contributed by atoms with Crippen molar-refractivity contribution < 1.29 is 15.0 Å². The maximum absolute atomic E-state index is 12.0. The fourth-order valence-corrected chi connectivity index (χ4v) is 4.58. The molecule has 0 aromatic carbocycles. The number of allylic oxidation sites excluding steroid dienone is 3. The highest BCUT2D eigenvalue weighted by atomic mass is 16.4. The van der Waals surface area contributed by atoms with Gasteiger partial charge in [-0.05, 0) is 44.1 Å². The smallest absolute Gasteiger partial charge is 0.336 e. The first-order chi connectivity index (χ1) is 10.5. The van der Waals surface area contributed by atoms with E-state index >= 15 is 0 Å². The summed E-state index contributed by atoms with van der Waals surface area (Å²) in [7, 11) is 0. The fourth-order valence-electron chi connectivity index (χ4n) is 4.58. The number of aliphatic carboxylic acids is 1. The van der Waals surface area contributed by atoms with Crippen molar-refractivity contribution in [2.45, 2.75) is 57.5 Å². The molecule has 1 saturated carbocycles. The van der Waals surface area contributed by atoms with Gasteiger partial charge in [-0.1, -0.05) is 31.9 Å². The Morgan fingerprint density at radius 1 is 1.27 bits per heavy atom. The van der Waals surface area contributed by atoms with E-state index in [0.29, 0.717) is 6.42 Å². The van der Waals surface area contributed by atoms with E-state index in [2.05, 4.69) is 11.0 Å². The van der Waals surface area contributed by atoms with Crippen LogP contribution in [0.1, 0.15) is 51.9 Å². The van der Waals surface area contributed by atoms with Gasteiger partial charge in [0.2, 0.25) is 0 Å². The summed E-state index contributed by atoms with van der Waals surface area (Å²) in [5.41, 5.74) is -1.22. The Balaban J connectivity index is 1.88. The van der Waals surface area contributed by atoms with Gasteiger partial charge in [-0.2, -0.15) is 0 Å². The average molecular weight is 305 g/mol. The van der Waals surface area contributed by atoms with Crippen LogP contribution in [-0.2, 0) is 4.79 Å². The summed E-state index contributed by atoms with van der Waals surface area (Å²) >= 11 is 0. The highest BCUT2D eigenvalue weighted by molar-refractivity contribution is 5.79. The fraction of sp³-hybridized carbons (Fsp3) is 0.722. The summed E-state index contributed by atoms with van der Waals surface area (Å²) in [5, 5.41) is 21.1. The molecule has 0 aromatic heterocycles. The first kappa shape index (κ1) is 15.6. The molecular weight excluding hydrogens is 278 g/mol. The summed E-state index contributed by atoms with van der Waals surface area (Å²) in [6.07, 6.45) is 12.6. The Morgan fingerprint density at radius 2 is 1.91 bits per heavy atom. The molecule has 1 saturated heterocycles. The Kier molecular flexibility index (Phi) is 4.06. The molecule has 0 amide bonds. The van der Waals surface area contributed by atoms with Gasteiger partial charge < -0.3 is 15.1 Å². The summed E-state index contributed by atoms with van der Waals surface area (Å²) in [6.45, 7) is 4.01. The SMILES string of the molecule is CC1(C(O)(C(=O)O)C2CCCC2)C=CC=C(N2CCCC2)C1. The van der Waals surface area contributed by atoms with Crippen molar-refractivity contribution in [2.75, 3.05) is 13.1 Å². The van der Waals surface area contributed by atoms with Crippen LogP contribution in [0, 0.1) is 11.3 Å². The molecule has 3 aliphatic rings. The summed E-state index contributed by atoms with van der Waals surface area (Å²) in [6, 6.07) is 0. The summed E-state index contributed by atoms with van der Waals surface area (Å²) < 4.78 is 0. The van der Waals surface area contributed by atoms with Crippen LogP contribution in [-0.4, -0.2) is 39.8 Å². The van der Waals surface area contributed by atoms with Gasteiger partial charge in [-0.25, -0.2) is 4.79 Å². The van der Waals surface area contributed by atoms with E-state index in [0.717, 1.165) is 38.8 Å². The van der Waals surface area contributed by atoms with Crippen molar-refractivity contribution >= 4 is 5.97 Å². The molecule has 3 rings (SSSR count). The number of hydrogen-bond acceptors (Lipinski definition) is 3. The van der Waals surface area contributed by atoms with Crippen molar-refractivity contribution in [2.24, 2.45) is 11.3 Å². The van der Waals surface area contributed by atoms with Gasteiger partial charge in [0, 0.05) is 24.2 Å². The molecule has 2 atom stereocenters. The van der Waals surface area contributed by atoms with Crippen molar-refractivity contribution in [3.63, 3.8) is 0 Å². The van der Waals surface area contributed by atoms with Crippen LogP contribution in [0.25, 0.3) is 0 Å². The van der Waals surface area contributed by atoms with Gasteiger partial charge in [0.1, 0.15) is 0 Å². The van der Waals surface area contributed by atoms with Gasteiger partial charge in [0.15, 0.2) is 5.60 Å². The van der Waals surface area contributed by atoms with Crippen molar-refractivity contribution in [3.05, 3.63) is 23.9 Å². The molecule has 0 bridgehead atoms. The molecule has 2 N–H and O–H groups in total. The predicted molar refractivity (Wildman–Crippen MR) is 85.3 cm³/mol. The maximum Gasteiger partial charge on any atom is 0.336 e. The van der Waals surface area contributed by atoms with Crippen LogP contribution < -0.4 is 0 Å². The second-order valence-corrected chi connectivity index (χ2v) is 7.36. The maximum atomic E-state index is 12.0. The minimum atomic E-state index is -1.67. The van der Waals surface area contributed by atoms with E-state index < -0.39 is 17.0 Å².